The lowest BCUT2D eigenvalue weighted by Gasteiger charge is -2.09. The zero-order valence-corrected chi connectivity index (χ0v) is 15.6. The van der Waals surface area contributed by atoms with E-state index in [0.29, 0.717) is 6.54 Å². The van der Waals surface area contributed by atoms with Gasteiger partial charge in [0.05, 0.1) is 11.1 Å². The molecule has 0 spiro atoms. The Kier molecular flexibility index (Phi) is 5.68. The molecule has 0 aliphatic rings. The number of hydrogen-bond donors (Lipinski definition) is 2. The minimum atomic E-state index is -3.72. The Hall–Kier alpha value is -2.97. The molecule has 0 fully saturated rings. The average Bonchev–Trinajstić information content (AvgIpc) is 3.11. The zero-order valence-electron chi connectivity index (χ0n) is 14.8. The van der Waals surface area contributed by atoms with Crippen molar-refractivity contribution in [3.05, 3.63) is 83.7 Å². The molecule has 0 unspecified atom stereocenters. The average molecular weight is 384 g/mol. The van der Waals surface area contributed by atoms with Gasteiger partial charge in [-0.25, -0.2) is 13.1 Å². The van der Waals surface area contributed by atoms with Gasteiger partial charge in [0.2, 0.25) is 10.0 Å². The fourth-order valence-corrected chi connectivity index (χ4v) is 3.57. The number of nitrogens with one attached hydrogen (secondary N) is 2. The molecule has 1 heterocycles. The summed E-state index contributed by atoms with van der Waals surface area (Å²) in [7, 11) is -1.93. The molecule has 27 heavy (non-hydrogen) atoms. The highest BCUT2D eigenvalue weighted by atomic mass is 32.2. The number of aromatic nitrogens is 2. The molecule has 8 heteroatoms. The first-order chi connectivity index (χ1) is 12.9. The van der Waals surface area contributed by atoms with E-state index in [1.807, 2.05) is 30.3 Å². The molecule has 0 atom stereocenters. The molecule has 0 bridgehead atoms. The Bertz CT molecular complexity index is 1030. The van der Waals surface area contributed by atoms with E-state index in [1.165, 1.54) is 12.1 Å². The minimum Gasteiger partial charge on any atom is -0.348 e. The van der Waals surface area contributed by atoms with Gasteiger partial charge in [-0.05, 0) is 23.8 Å². The second kappa shape index (κ2) is 8.15. The molecular weight excluding hydrogens is 364 g/mol. The highest BCUT2D eigenvalue weighted by Gasteiger charge is 2.16. The van der Waals surface area contributed by atoms with Gasteiger partial charge >= 0.3 is 0 Å². The Morgan fingerprint density at radius 3 is 2.52 bits per heavy atom. The molecule has 140 valence electrons. The van der Waals surface area contributed by atoms with Crippen LogP contribution < -0.4 is 10.0 Å². The van der Waals surface area contributed by atoms with Gasteiger partial charge in [0, 0.05) is 37.5 Å². The smallest absolute Gasteiger partial charge is 0.251 e. The Morgan fingerprint density at radius 2 is 1.81 bits per heavy atom. The number of nitrogens with zero attached hydrogens (tertiary/aromatic N) is 2. The van der Waals surface area contributed by atoms with Crippen molar-refractivity contribution >= 4 is 15.9 Å². The molecular formula is C19H20N4O3S. The largest absolute Gasteiger partial charge is 0.348 e. The third-order valence-corrected chi connectivity index (χ3v) is 5.33. The summed E-state index contributed by atoms with van der Waals surface area (Å²) in [6, 6.07) is 15.2. The molecule has 0 aliphatic heterocycles. The van der Waals surface area contributed by atoms with E-state index >= 15 is 0 Å². The van der Waals surface area contributed by atoms with Crippen LogP contribution in [0.25, 0.3) is 0 Å². The molecule has 2 N–H and O–H groups in total. The fraction of sp³-hybridized carbons (Fsp3) is 0.158. The van der Waals surface area contributed by atoms with E-state index in [9.17, 15) is 13.2 Å². The Labute approximate surface area is 158 Å². The van der Waals surface area contributed by atoms with Crippen LogP contribution in [0.4, 0.5) is 0 Å². The first-order valence-corrected chi connectivity index (χ1v) is 9.82. The first-order valence-electron chi connectivity index (χ1n) is 8.33. The zero-order chi connectivity index (χ0) is 19.3. The molecule has 2 aromatic carbocycles. The first kappa shape index (κ1) is 18.8. The number of aryl methyl sites for hydroxylation is 1. The number of carbonyl (C=O) groups excluding carboxylic acids is 1. The van der Waals surface area contributed by atoms with Gasteiger partial charge in [-0.15, -0.1) is 0 Å². The number of rotatable bonds is 7. The molecule has 0 radical (unpaired) electrons. The third-order valence-electron chi connectivity index (χ3n) is 3.93. The molecule has 3 rings (SSSR count). The quantitative estimate of drug-likeness (QED) is 0.650. The van der Waals surface area contributed by atoms with E-state index < -0.39 is 10.0 Å². The summed E-state index contributed by atoms with van der Waals surface area (Å²) in [4.78, 5) is 12.4. The SMILES string of the molecule is Cn1cc(CNC(=O)c2cccc(S(=O)(=O)NCc3ccccc3)c2)cn1. The Morgan fingerprint density at radius 1 is 1.04 bits per heavy atom. The van der Waals surface area contributed by atoms with Crippen LogP contribution in [0.15, 0.2) is 71.9 Å². The number of benzene rings is 2. The molecule has 3 aromatic rings. The van der Waals surface area contributed by atoms with Crippen molar-refractivity contribution in [2.75, 3.05) is 0 Å². The lowest BCUT2D eigenvalue weighted by Crippen LogP contribution is -2.25. The standard InChI is InChI=1S/C19H20N4O3S/c1-23-14-16(12-21-23)11-20-19(24)17-8-5-9-18(10-17)27(25,26)22-13-15-6-3-2-4-7-15/h2-10,12,14,22H,11,13H2,1H3,(H,20,24). The van der Waals surface area contributed by atoms with E-state index in [4.69, 9.17) is 0 Å². The number of amides is 1. The second-order valence-corrected chi connectivity index (χ2v) is 7.81. The van der Waals surface area contributed by atoms with Crippen LogP contribution in [0.1, 0.15) is 21.5 Å². The van der Waals surface area contributed by atoms with Gasteiger partial charge in [-0.2, -0.15) is 5.10 Å². The topological polar surface area (TPSA) is 93.1 Å². The monoisotopic (exact) mass is 384 g/mol. The van der Waals surface area contributed by atoms with Crippen LogP contribution >= 0.6 is 0 Å². The molecule has 0 saturated heterocycles. The van der Waals surface area contributed by atoms with E-state index in [0.717, 1.165) is 11.1 Å². The van der Waals surface area contributed by atoms with Crippen LogP contribution in [0.3, 0.4) is 0 Å². The molecule has 0 saturated carbocycles. The summed E-state index contributed by atoms with van der Waals surface area (Å²) in [6.45, 7) is 0.497. The lowest BCUT2D eigenvalue weighted by atomic mass is 10.2. The van der Waals surface area contributed by atoms with Crippen molar-refractivity contribution < 1.29 is 13.2 Å². The van der Waals surface area contributed by atoms with Gasteiger partial charge in [-0.3, -0.25) is 9.48 Å². The van der Waals surface area contributed by atoms with Crippen LogP contribution in [0.5, 0.6) is 0 Å². The van der Waals surface area contributed by atoms with Crippen molar-refractivity contribution in [2.45, 2.75) is 18.0 Å². The van der Waals surface area contributed by atoms with E-state index in [-0.39, 0.29) is 22.9 Å². The Balaban J connectivity index is 1.67. The number of hydrogen-bond acceptors (Lipinski definition) is 4. The highest BCUT2D eigenvalue weighted by molar-refractivity contribution is 7.89. The van der Waals surface area contributed by atoms with Gasteiger partial charge in [-0.1, -0.05) is 36.4 Å². The van der Waals surface area contributed by atoms with Crippen molar-refractivity contribution in [2.24, 2.45) is 7.05 Å². The number of sulfonamides is 1. The van der Waals surface area contributed by atoms with Crippen LogP contribution in [0, 0.1) is 0 Å². The van der Waals surface area contributed by atoms with Gasteiger partial charge in [0.15, 0.2) is 0 Å². The van der Waals surface area contributed by atoms with E-state index in [2.05, 4.69) is 15.1 Å². The summed E-state index contributed by atoms with van der Waals surface area (Å²) in [5.41, 5.74) is 1.99. The summed E-state index contributed by atoms with van der Waals surface area (Å²) < 4.78 is 29.2. The maximum Gasteiger partial charge on any atom is 0.251 e. The predicted octanol–water partition coefficient (Wildman–Crippen LogP) is 1.83. The normalized spacial score (nSPS) is 11.3. The van der Waals surface area contributed by atoms with Crippen molar-refractivity contribution in [1.29, 1.82) is 0 Å². The maximum absolute atomic E-state index is 12.5. The predicted molar refractivity (Wildman–Crippen MR) is 101 cm³/mol. The van der Waals surface area contributed by atoms with Crippen molar-refractivity contribution in [3.8, 4) is 0 Å². The van der Waals surface area contributed by atoms with Crippen molar-refractivity contribution in [3.63, 3.8) is 0 Å². The van der Waals surface area contributed by atoms with Crippen LogP contribution in [-0.2, 0) is 30.2 Å². The van der Waals surface area contributed by atoms with Gasteiger partial charge in [0.25, 0.3) is 5.91 Å². The second-order valence-electron chi connectivity index (χ2n) is 6.04. The van der Waals surface area contributed by atoms with Crippen molar-refractivity contribution in [1.82, 2.24) is 19.8 Å². The molecule has 7 nitrogen and oxygen atoms in total. The van der Waals surface area contributed by atoms with Crippen LogP contribution in [-0.4, -0.2) is 24.1 Å². The van der Waals surface area contributed by atoms with Crippen LogP contribution in [0.2, 0.25) is 0 Å². The summed E-state index contributed by atoms with van der Waals surface area (Å²) in [5.74, 6) is -0.348. The van der Waals surface area contributed by atoms with Gasteiger partial charge in [0.1, 0.15) is 0 Å². The fourth-order valence-electron chi connectivity index (χ4n) is 2.51. The lowest BCUT2D eigenvalue weighted by molar-refractivity contribution is 0.0950. The maximum atomic E-state index is 12.5. The molecule has 1 amide bonds. The molecule has 0 aliphatic carbocycles. The highest BCUT2D eigenvalue weighted by Crippen LogP contribution is 2.13. The molecule has 1 aromatic heterocycles. The summed E-state index contributed by atoms with van der Waals surface area (Å²) >= 11 is 0. The van der Waals surface area contributed by atoms with Gasteiger partial charge < -0.3 is 5.32 Å². The number of carbonyl (C=O) groups is 1. The van der Waals surface area contributed by atoms with E-state index in [1.54, 1.807) is 36.3 Å². The third kappa shape index (κ3) is 5.02. The summed E-state index contributed by atoms with van der Waals surface area (Å²) in [5, 5.41) is 6.79. The summed E-state index contributed by atoms with van der Waals surface area (Å²) in [6.07, 6.45) is 3.46. The minimum absolute atomic E-state index is 0.0486.